The molecule has 2 aliphatic heterocycles. The molecule has 0 aliphatic carbocycles. The highest BCUT2D eigenvalue weighted by atomic mass is 16.8. The summed E-state index contributed by atoms with van der Waals surface area (Å²) in [5.41, 5.74) is 0.486. The van der Waals surface area contributed by atoms with Gasteiger partial charge in [-0.05, 0) is 18.2 Å². The summed E-state index contributed by atoms with van der Waals surface area (Å²) in [6.07, 6.45) is -5.36. The van der Waals surface area contributed by atoms with Crippen LogP contribution < -0.4 is 9.47 Å². The number of fused-ring (bicyclic) bond motifs is 2. The number of methoxy groups -OCH3 is 2. The molecule has 3 rings (SSSR count). The lowest BCUT2D eigenvalue weighted by Gasteiger charge is -2.40. The zero-order chi connectivity index (χ0) is 26.6. The minimum absolute atomic E-state index is 0.0621. The van der Waals surface area contributed by atoms with Gasteiger partial charge in [0.15, 0.2) is 29.5 Å². The van der Waals surface area contributed by atoms with Crippen molar-refractivity contribution < 1.29 is 57.1 Å². The Kier molecular flexibility index (Phi) is 8.41. The molecular weight excluding hydrogens is 480 g/mol. The van der Waals surface area contributed by atoms with Crippen LogP contribution in [-0.4, -0.2) is 75.2 Å². The first-order chi connectivity index (χ1) is 17.0. The van der Waals surface area contributed by atoms with Crippen molar-refractivity contribution in [2.24, 2.45) is 0 Å². The van der Waals surface area contributed by atoms with Gasteiger partial charge in [-0.15, -0.1) is 0 Å². The van der Waals surface area contributed by atoms with Gasteiger partial charge < -0.3 is 37.9 Å². The molecule has 6 atom stereocenters. The van der Waals surface area contributed by atoms with Gasteiger partial charge >= 0.3 is 23.9 Å². The second kappa shape index (κ2) is 11.1. The standard InChI is InChI=1S/C24H30O12/c1-12(25)31-11-20(33-14(3)27)22-23-21(34-15(4)28)19(32-13(2)26)10-24(35-22,36-23)16-7-8-17(29-5)18(9-16)30-6/h7-9,19-23H,10-11H2,1-6H3/t19-,20+,21+,22+,23+,24+/m0/s1. The van der Waals surface area contributed by atoms with Crippen molar-refractivity contribution in [3.63, 3.8) is 0 Å². The van der Waals surface area contributed by atoms with Gasteiger partial charge in [0, 0.05) is 39.7 Å². The van der Waals surface area contributed by atoms with Gasteiger partial charge in [-0.3, -0.25) is 19.2 Å². The molecule has 36 heavy (non-hydrogen) atoms. The minimum atomic E-state index is -1.51. The van der Waals surface area contributed by atoms with Gasteiger partial charge in [-0.2, -0.15) is 0 Å². The SMILES string of the molecule is COc1ccc([C@@]23C[C@H](OC(C)=O)[C@@H](OC(C)=O)[C@@H](O2)[C@@H]([C@@H](COC(C)=O)OC(C)=O)O3)cc1OC. The van der Waals surface area contributed by atoms with E-state index in [-0.39, 0.29) is 13.0 Å². The summed E-state index contributed by atoms with van der Waals surface area (Å²) in [6, 6.07) is 4.98. The second-order valence-corrected chi connectivity index (χ2v) is 8.36. The summed E-state index contributed by atoms with van der Waals surface area (Å²) < 4.78 is 45.0. The van der Waals surface area contributed by atoms with E-state index in [0.29, 0.717) is 17.1 Å². The number of ether oxygens (including phenoxy) is 8. The number of hydrogen-bond acceptors (Lipinski definition) is 12. The Morgan fingerprint density at radius 3 is 2.14 bits per heavy atom. The van der Waals surface area contributed by atoms with E-state index >= 15 is 0 Å². The van der Waals surface area contributed by atoms with Crippen LogP contribution in [0.2, 0.25) is 0 Å². The number of hydrogen-bond donors (Lipinski definition) is 0. The third kappa shape index (κ3) is 5.88. The molecule has 1 aromatic carbocycles. The van der Waals surface area contributed by atoms with E-state index in [4.69, 9.17) is 37.9 Å². The Labute approximate surface area is 208 Å². The second-order valence-electron chi connectivity index (χ2n) is 8.36. The zero-order valence-electron chi connectivity index (χ0n) is 20.9. The van der Waals surface area contributed by atoms with Crippen LogP contribution >= 0.6 is 0 Å². The molecule has 0 N–H and O–H groups in total. The van der Waals surface area contributed by atoms with E-state index in [9.17, 15) is 19.2 Å². The van der Waals surface area contributed by atoms with Crippen molar-refractivity contribution in [3.05, 3.63) is 23.8 Å². The van der Waals surface area contributed by atoms with Crippen LogP contribution in [0.4, 0.5) is 0 Å². The molecule has 2 aliphatic rings. The van der Waals surface area contributed by atoms with Crippen molar-refractivity contribution in [1.29, 1.82) is 0 Å². The van der Waals surface area contributed by atoms with Gasteiger partial charge in [0.2, 0.25) is 0 Å². The molecule has 12 nitrogen and oxygen atoms in total. The van der Waals surface area contributed by atoms with Crippen molar-refractivity contribution in [1.82, 2.24) is 0 Å². The van der Waals surface area contributed by atoms with Crippen LogP contribution in [0.3, 0.4) is 0 Å². The van der Waals surface area contributed by atoms with Crippen LogP contribution in [0.5, 0.6) is 11.5 Å². The molecule has 2 fully saturated rings. The van der Waals surface area contributed by atoms with E-state index in [1.807, 2.05) is 0 Å². The van der Waals surface area contributed by atoms with Crippen LogP contribution in [0.1, 0.15) is 39.7 Å². The zero-order valence-corrected chi connectivity index (χ0v) is 20.9. The lowest BCUT2D eigenvalue weighted by molar-refractivity contribution is -0.255. The summed E-state index contributed by atoms with van der Waals surface area (Å²) >= 11 is 0. The molecule has 2 saturated heterocycles. The molecule has 2 bridgehead atoms. The molecule has 0 unspecified atom stereocenters. The molecule has 0 radical (unpaired) electrons. The smallest absolute Gasteiger partial charge is 0.303 e. The Morgan fingerprint density at radius 2 is 1.58 bits per heavy atom. The van der Waals surface area contributed by atoms with Crippen molar-refractivity contribution in [2.45, 2.75) is 70.4 Å². The molecule has 198 valence electrons. The molecular formula is C24H30O12. The molecule has 1 aromatic rings. The largest absolute Gasteiger partial charge is 0.493 e. The van der Waals surface area contributed by atoms with Crippen molar-refractivity contribution in [3.8, 4) is 11.5 Å². The van der Waals surface area contributed by atoms with E-state index in [0.717, 1.165) is 0 Å². The number of esters is 4. The monoisotopic (exact) mass is 510 g/mol. The first kappa shape index (κ1) is 27.2. The highest BCUT2D eigenvalue weighted by molar-refractivity contribution is 5.68. The predicted molar refractivity (Wildman–Crippen MR) is 119 cm³/mol. The minimum Gasteiger partial charge on any atom is -0.493 e. The quantitative estimate of drug-likeness (QED) is 0.350. The number of benzene rings is 1. The van der Waals surface area contributed by atoms with Gasteiger partial charge in [0.05, 0.1) is 14.2 Å². The lowest BCUT2D eigenvalue weighted by atomic mass is 9.90. The maximum Gasteiger partial charge on any atom is 0.303 e. The van der Waals surface area contributed by atoms with Gasteiger partial charge in [-0.1, -0.05) is 0 Å². The molecule has 12 heteroatoms. The number of rotatable bonds is 9. The maximum absolute atomic E-state index is 11.9. The average molecular weight is 510 g/mol. The van der Waals surface area contributed by atoms with E-state index < -0.39 is 60.2 Å². The Morgan fingerprint density at radius 1 is 0.917 bits per heavy atom. The fourth-order valence-corrected chi connectivity index (χ4v) is 4.42. The van der Waals surface area contributed by atoms with Gasteiger partial charge in [0.25, 0.3) is 0 Å². The van der Waals surface area contributed by atoms with Gasteiger partial charge in [-0.25, -0.2) is 0 Å². The fraction of sp³-hybridized carbons (Fsp3) is 0.583. The summed E-state index contributed by atoms with van der Waals surface area (Å²) in [6.45, 7) is 4.49. The number of carbonyl (C=O) groups is 4. The van der Waals surface area contributed by atoms with E-state index in [2.05, 4.69) is 0 Å². The van der Waals surface area contributed by atoms with Crippen molar-refractivity contribution in [2.75, 3.05) is 20.8 Å². The molecule has 0 spiro atoms. The molecule has 0 aromatic heterocycles. The molecule has 2 heterocycles. The Bertz CT molecular complexity index is 1010. The van der Waals surface area contributed by atoms with Crippen LogP contribution in [0.15, 0.2) is 18.2 Å². The third-order valence-electron chi connectivity index (χ3n) is 5.71. The van der Waals surface area contributed by atoms with E-state index in [1.165, 1.54) is 41.9 Å². The van der Waals surface area contributed by atoms with Crippen LogP contribution in [-0.2, 0) is 53.4 Å². The average Bonchev–Trinajstić information content (AvgIpc) is 3.13. The summed E-state index contributed by atoms with van der Waals surface area (Å²) in [5, 5.41) is 0. The highest BCUT2D eigenvalue weighted by Crippen LogP contribution is 2.51. The lowest BCUT2D eigenvalue weighted by Crippen LogP contribution is -2.54. The third-order valence-corrected chi connectivity index (χ3v) is 5.71. The molecule has 0 saturated carbocycles. The predicted octanol–water partition coefficient (Wildman–Crippen LogP) is 1.40. The first-order valence-corrected chi connectivity index (χ1v) is 11.2. The Balaban J connectivity index is 2.10. The fourth-order valence-electron chi connectivity index (χ4n) is 4.42. The van der Waals surface area contributed by atoms with Crippen LogP contribution in [0.25, 0.3) is 0 Å². The van der Waals surface area contributed by atoms with E-state index in [1.54, 1.807) is 18.2 Å². The molecule has 0 amide bonds. The summed E-state index contributed by atoms with van der Waals surface area (Å²) in [7, 11) is 2.96. The highest BCUT2D eigenvalue weighted by Gasteiger charge is 2.63. The first-order valence-electron chi connectivity index (χ1n) is 11.2. The van der Waals surface area contributed by atoms with Crippen molar-refractivity contribution >= 4 is 23.9 Å². The van der Waals surface area contributed by atoms with Gasteiger partial charge in [0.1, 0.15) is 24.9 Å². The Hall–Kier alpha value is -3.38. The topological polar surface area (TPSA) is 142 Å². The summed E-state index contributed by atoms with van der Waals surface area (Å²) in [5.74, 6) is -3.17. The number of carbonyl (C=O) groups excluding carboxylic acids is 4. The maximum atomic E-state index is 11.9. The summed E-state index contributed by atoms with van der Waals surface area (Å²) in [4.78, 5) is 47.2. The van der Waals surface area contributed by atoms with Crippen LogP contribution in [0, 0.1) is 0 Å². The normalized spacial score (nSPS) is 27.4.